The van der Waals surface area contributed by atoms with Crippen molar-refractivity contribution in [2.24, 2.45) is 0 Å². The van der Waals surface area contributed by atoms with Crippen LogP contribution in [0.25, 0.3) is 0 Å². The maximum absolute atomic E-state index is 14.2. The first-order valence-corrected chi connectivity index (χ1v) is 8.36. The third kappa shape index (κ3) is 2.94. The van der Waals surface area contributed by atoms with Gasteiger partial charge < -0.3 is 5.11 Å². The Morgan fingerprint density at radius 3 is 2.43 bits per heavy atom. The van der Waals surface area contributed by atoms with Gasteiger partial charge in [0.2, 0.25) is 10.0 Å². The lowest BCUT2D eigenvalue weighted by molar-refractivity contribution is -0.137. The number of carboxylic acid groups (broad SMARTS) is 1. The molecule has 2 saturated carbocycles. The second kappa shape index (κ2) is 5.06. The van der Waals surface area contributed by atoms with E-state index in [9.17, 15) is 17.6 Å². The smallest absolute Gasteiger partial charge is 0.318 e. The second-order valence-electron chi connectivity index (χ2n) is 5.64. The molecule has 21 heavy (non-hydrogen) atoms. The van der Waals surface area contributed by atoms with Gasteiger partial charge in [-0.15, -0.1) is 0 Å². The molecule has 0 unspecified atom stereocenters. The van der Waals surface area contributed by atoms with Crippen LogP contribution in [0.3, 0.4) is 0 Å². The lowest BCUT2D eigenvalue weighted by atomic mass is 10.1. The molecular formula is C14H16FNO4S. The van der Waals surface area contributed by atoms with Crippen molar-refractivity contribution in [2.75, 3.05) is 6.54 Å². The number of hydrogen-bond acceptors (Lipinski definition) is 3. The van der Waals surface area contributed by atoms with Crippen LogP contribution in [-0.4, -0.2) is 36.4 Å². The second-order valence-corrected chi connectivity index (χ2v) is 7.50. The molecule has 1 N–H and O–H groups in total. The molecular weight excluding hydrogens is 297 g/mol. The summed E-state index contributed by atoms with van der Waals surface area (Å²) in [5.41, 5.74) is 0.808. The van der Waals surface area contributed by atoms with E-state index in [1.54, 1.807) is 6.07 Å². The lowest BCUT2D eigenvalue weighted by Crippen LogP contribution is -2.37. The highest BCUT2D eigenvalue weighted by molar-refractivity contribution is 7.89. The van der Waals surface area contributed by atoms with E-state index in [2.05, 4.69) is 0 Å². The van der Waals surface area contributed by atoms with Crippen LogP contribution >= 0.6 is 0 Å². The third-order valence-electron chi connectivity index (χ3n) is 3.84. The maximum atomic E-state index is 14.2. The standard InChI is InChI=1S/C14H16FNO4S/c15-12-7-10(9-1-2-9)3-6-13(12)21(19,20)16(8-14(17)18)11-4-5-11/h3,6-7,9,11H,1-2,4-5,8H2,(H,17,18). The van der Waals surface area contributed by atoms with Gasteiger partial charge >= 0.3 is 5.97 Å². The van der Waals surface area contributed by atoms with E-state index in [4.69, 9.17) is 5.11 Å². The van der Waals surface area contributed by atoms with Crippen molar-refractivity contribution in [1.29, 1.82) is 0 Å². The van der Waals surface area contributed by atoms with E-state index in [-0.39, 0.29) is 6.04 Å². The molecule has 2 aliphatic rings. The normalized spacial score (nSPS) is 19.0. The van der Waals surface area contributed by atoms with Gasteiger partial charge in [0.1, 0.15) is 17.3 Å². The van der Waals surface area contributed by atoms with Gasteiger partial charge in [0, 0.05) is 6.04 Å². The van der Waals surface area contributed by atoms with Crippen LogP contribution < -0.4 is 0 Å². The van der Waals surface area contributed by atoms with Gasteiger partial charge in [-0.05, 0) is 49.3 Å². The summed E-state index contributed by atoms with van der Waals surface area (Å²) < 4.78 is 40.0. The first-order chi connectivity index (χ1) is 9.89. The van der Waals surface area contributed by atoms with E-state index < -0.39 is 33.3 Å². The van der Waals surface area contributed by atoms with E-state index in [1.807, 2.05) is 0 Å². The zero-order chi connectivity index (χ0) is 15.2. The van der Waals surface area contributed by atoms with Gasteiger partial charge in [0.15, 0.2) is 0 Å². The molecule has 1 aromatic carbocycles. The SMILES string of the molecule is O=C(O)CN(C1CC1)S(=O)(=O)c1ccc(C2CC2)cc1F. The highest BCUT2D eigenvalue weighted by Crippen LogP contribution is 2.41. The Morgan fingerprint density at radius 2 is 1.95 bits per heavy atom. The Kier molecular flexibility index (Phi) is 3.49. The number of carboxylic acids is 1. The predicted octanol–water partition coefficient (Wildman–Crippen LogP) is 1.94. The zero-order valence-corrected chi connectivity index (χ0v) is 12.1. The summed E-state index contributed by atoms with van der Waals surface area (Å²) in [5, 5.41) is 8.87. The van der Waals surface area contributed by atoms with Crippen LogP contribution in [0.2, 0.25) is 0 Å². The minimum atomic E-state index is -4.11. The Labute approximate surface area is 122 Å². The van der Waals surface area contributed by atoms with E-state index in [1.165, 1.54) is 12.1 Å². The maximum Gasteiger partial charge on any atom is 0.318 e. The molecule has 0 aromatic heterocycles. The molecule has 2 fully saturated rings. The largest absolute Gasteiger partial charge is 0.480 e. The van der Waals surface area contributed by atoms with Gasteiger partial charge in [-0.1, -0.05) is 6.07 Å². The third-order valence-corrected chi connectivity index (χ3v) is 5.77. The molecule has 7 heteroatoms. The molecule has 5 nitrogen and oxygen atoms in total. The Balaban J connectivity index is 1.94. The average Bonchev–Trinajstić information content (AvgIpc) is 3.28. The van der Waals surface area contributed by atoms with Gasteiger partial charge in [0.05, 0.1) is 0 Å². The van der Waals surface area contributed by atoms with Crippen molar-refractivity contribution in [3.8, 4) is 0 Å². The zero-order valence-electron chi connectivity index (χ0n) is 11.3. The van der Waals surface area contributed by atoms with Crippen molar-refractivity contribution in [3.05, 3.63) is 29.6 Å². The number of rotatable bonds is 6. The van der Waals surface area contributed by atoms with Crippen LogP contribution in [-0.2, 0) is 14.8 Å². The summed E-state index contributed by atoms with van der Waals surface area (Å²) in [5.74, 6) is -1.70. The monoisotopic (exact) mass is 313 g/mol. The minimum absolute atomic E-state index is 0.325. The van der Waals surface area contributed by atoms with Gasteiger partial charge in [-0.3, -0.25) is 4.79 Å². The number of sulfonamides is 1. The first kappa shape index (κ1) is 14.5. The van der Waals surface area contributed by atoms with Crippen LogP contribution in [0.15, 0.2) is 23.1 Å². The quantitative estimate of drug-likeness (QED) is 0.871. The Bertz CT molecular complexity index is 680. The molecule has 0 atom stereocenters. The fourth-order valence-corrected chi connectivity index (χ4v) is 4.11. The van der Waals surface area contributed by atoms with Crippen LogP contribution in [0.5, 0.6) is 0 Å². The van der Waals surface area contributed by atoms with Crippen molar-refractivity contribution < 1.29 is 22.7 Å². The molecule has 3 rings (SSSR count). The highest BCUT2D eigenvalue weighted by Gasteiger charge is 2.40. The summed E-state index contributed by atoms with van der Waals surface area (Å²) in [4.78, 5) is 10.4. The summed E-state index contributed by atoms with van der Waals surface area (Å²) in [6.07, 6.45) is 3.24. The van der Waals surface area contributed by atoms with Gasteiger partial charge in [-0.25, -0.2) is 12.8 Å². The first-order valence-electron chi connectivity index (χ1n) is 6.92. The minimum Gasteiger partial charge on any atom is -0.480 e. The molecule has 1 aromatic rings. The number of nitrogens with zero attached hydrogens (tertiary/aromatic N) is 1. The molecule has 0 spiro atoms. The number of hydrogen-bond donors (Lipinski definition) is 1. The lowest BCUT2D eigenvalue weighted by Gasteiger charge is -2.20. The molecule has 0 bridgehead atoms. The van der Waals surface area contributed by atoms with Crippen molar-refractivity contribution in [1.82, 2.24) is 4.31 Å². The van der Waals surface area contributed by atoms with Crippen molar-refractivity contribution in [2.45, 2.75) is 42.5 Å². The Hall–Kier alpha value is -1.47. The predicted molar refractivity (Wildman–Crippen MR) is 72.9 cm³/mol. The van der Waals surface area contributed by atoms with Gasteiger partial charge in [0.25, 0.3) is 0 Å². The fraction of sp³-hybridized carbons (Fsp3) is 0.500. The molecule has 0 aliphatic heterocycles. The molecule has 0 amide bonds. The number of halogens is 1. The average molecular weight is 313 g/mol. The fourth-order valence-electron chi connectivity index (χ4n) is 2.43. The number of aliphatic carboxylic acids is 1. The summed E-state index contributed by atoms with van der Waals surface area (Å²) in [7, 11) is -4.11. The van der Waals surface area contributed by atoms with Crippen molar-refractivity contribution in [3.63, 3.8) is 0 Å². The van der Waals surface area contributed by atoms with Crippen molar-refractivity contribution >= 4 is 16.0 Å². The molecule has 114 valence electrons. The summed E-state index contributed by atoms with van der Waals surface area (Å²) >= 11 is 0. The number of carbonyl (C=O) groups is 1. The molecule has 0 radical (unpaired) electrons. The highest BCUT2D eigenvalue weighted by atomic mass is 32.2. The van der Waals surface area contributed by atoms with E-state index >= 15 is 0 Å². The molecule has 0 heterocycles. The summed E-state index contributed by atoms with van der Waals surface area (Å²) in [6, 6.07) is 3.82. The van der Waals surface area contributed by atoms with E-state index in [0.29, 0.717) is 18.8 Å². The topological polar surface area (TPSA) is 74.7 Å². The van der Waals surface area contributed by atoms with E-state index in [0.717, 1.165) is 22.7 Å². The summed E-state index contributed by atoms with van der Waals surface area (Å²) in [6.45, 7) is -0.628. The van der Waals surface area contributed by atoms with Crippen LogP contribution in [0.1, 0.15) is 37.2 Å². The molecule has 0 saturated heterocycles. The Morgan fingerprint density at radius 1 is 1.29 bits per heavy atom. The molecule has 2 aliphatic carbocycles. The van der Waals surface area contributed by atoms with Crippen LogP contribution in [0.4, 0.5) is 4.39 Å². The van der Waals surface area contributed by atoms with Crippen LogP contribution in [0, 0.1) is 5.82 Å². The number of benzene rings is 1. The van der Waals surface area contributed by atoms with Gasteiger partial charge in [-0.2, -0.15) is 4.31 Å².